The van der Waals surface area contributed by atoms with Crippen LogP contribution in [0.25, 0.3) is 0 Å². The third-order valence-electron chi connectivity index (χ3n) is 18.6. The summed E-state index contributed by atoms with van der Waals surface area (Å²) in [5.74, 6) is 0.943. The third kappa shape index (κ3) is 74.1. The summed E-state index contributed by atoms with van der Waals surface area (Å²) in [6.45, 7) is 14.2. The molecule has 0 saturated carbocycles. The highest BCUT2D eigenvalue weighted by Gasteiger charge is 2.30. The number of ether oxygens (including phenoxy) is 4. The largest absolute Gasteiger partial charge is 0.472 e. The molecule has 19 heteroatoms. The molecule has 0 saturated heterocycles. The molecule has 99 heavy (non-hydrogen) atoms. The summed E-state index contributed by atoms with van der Waals surface area (Å²) in [6.07, 6.45) is 55.6. The number of carbonyl (C=O) groups is 4. The second-order valence-corrected chi connectivity index (χ2v) is 33.6. The van der Waals surface area contributed by atoms with Gasteiger partial charge in [-0.05, 0) is 49.4 Å². The van der Waals surface area contributed by atoms with E-state index in [2.05, 4.69) is 55.4 Å². The highest BCUT2D eigenvalue weighted by Crippen LogP contribution is 2.45. The molecule has 3 N–H and O–H groups in total. The first kappa shape index (κ1) is 97.1. The van der Waals surface area contributed by atoms with Gasteiger partial charge in [0.15, 0.2) is 12.2 Å². The summed E-state index contributed by atoms with van der Waals surface area (Å²) in [4.78, 5) is 73.0. The van der Waals surface area contributed by atoms with Crippen molar-refractivity contribution in [1.29, 1.82) is 0 Å². The van der Waals surface area contributed by atoms with E-state index in [0.29, 0.717) is 31.6 Å². The lowest BCUT2D eigenvalue weighted by atomic mass is 10.0. The SMILES string of the molecule is CC(C)CCCCCCCCCCCCCCCCCC(=O)O[C@H](COC(=O)CCCCCCCCCCCCCCCC(C)C)COP(=O)(O)OC[C@@H](O)COP(=O)(O)OC[C@@H](COC(=O)CCCCCCCCC(C)C)OC(=O)CCCCCCCCCCCCCCCC(C)C. The Morgan fingerprint density at radius 3 is 0.626 bits per heavy atom. The van der Waals surface area contributed by atoms with Crippen molar-refractivity contribution >= 4 is 39.5 Å². The fraction of sp³-hybridized carbons (Fsp3) is 0.950. The number of hydrogen-bond acceptors (Lipinski definition) is 15. The van der Waals surface area contributed by atoms with Crippen LogP contribution in [0.2, 0.25) is 0 Å². The van der Waals surface area contributed by atoms with Crippen LogP contribution < -0.4 is 0 Å². The highest BCUT2D eigenvalue weighted by molar-refractivity contribution is 7.47. The first-order valence-electron chi connectivity index (χ1n) is 41.2. The molecule has 0 bridgehead atoms. The quantitative estimate of drug-likeness (QED) is 0.0222. The zero-order valence-corrected chi connectivity index (χ0v) is 66.9. The van der Waals surface area contributed by atoms with Crippen molar-refractivity contribution in [3.63, 3.8) is 0 Å². The Bertz CT molecular complexity index is 1940. The molecule has 0 amide bonds. The monoisotopic (exact) mass is 1450 g/mol. The van der Waals surface area contributed by atoms with Crippen LogP contribution in [0, 0.1) is 23.7 Å². The molecule has 0 fully saturated rings. The number of carbonyl (C=O) groups excluding carboxylic acids is 4. The number of aliphatic hydroxyl groups excluding tert-OH is 1. The van der Waals surface area contributed by atoms with Crippen LogP contribution in [0.5, 0.6) is 0 Å². The average Bonchev–Trinajstić information content (AvgIpc) is 0.981. The normalized spacial score (nSPS) is 14.1. The second kappa shape index (κ2) is 69.1. The van der Waals surface area contributed by atoms with Gasteiger partial charge in [0.1, 0.15) is 19.3 Å². The van der Waals surface area contributed by atoms with Crippen LogP contribution in [-0.2, 0) is 65.4 Å². The summed E-state index contributed by atoms with van der Waals surface area (Å²) in [5, 5.41) is 10.6. The summed E-state index contributed by atoms with van der Waals surface area (Å²) >= 11 is 0. The van der Waals surface area contributed by atoms with Crippen LogP contribution in [0.3, 0.4) is 0 Å². The van der Waals surface area contributed by atoms with E-state index in [1.807, 2.05) is 0 Å². The van der Waals surface area contributed by atoms with Crippen LogP contribution in [0.4, 0.5) is 0 Å². The molecule has 0 heterocycles. The molecule has 0 aromatic carbocycles. The van der Waals surface area contributed by atoms with Gasteiger partial charge in [-0.2, -0.15) is 0 Å². The zero-order chi connectivity index (χ0) is 73.1. The lowest BCUT2D eigenvalue weighted by Gasteiger charge is -2.21. The minimum Gasteiger partial charge on any atom is -0.462 e. The van der Waals surface area contributed by atoms with E-state index in [0.717, 1.165) is 114 Å². The fourth-order valence-electron chi connectivity index (χ4n) is 12.3. The Labute approximate surface area is 607 Å². The number of unbranched alkanes of at least 4 members (excludes halogenated alkanes) is 43. The predicted octanol–water partition coefficient (Wildman–Crippen LogP) is 23.6. The number of esters is 4. The molecule has 588 valence electrons. The van der Waals surface area contributed by atoms with Gasteiger partial charge in [0.2, 0.25) is 0 Å². The minimum absolute atomic E-state index is 0.106. The van der Waals surface area contributed by atoms with Crippen molar-refractivity contribution in [2.45, 2.75) is 427 Å². The third-order valence-corrected chi connectivity index (χ3v) is 20.5. The van der Waals surface area contributed by atoms with Gasteiger partial charge >= 0.3 is 39.5 Å². The number of hydrogen-bond donors (Lipinski definition) is 3. The molecule has 0 spiro atoms. The van der Waals surface area contributed by atoms with Crippen molar-refractivity contribution in [3.05, 3.63) is 0 Å². The van der Waals surface area contributed by atoms with Crippen molar-refractivity contribution < 1.29 is 80.2 Å². The smallest absolute Gasteiger partial charge is 0.462 e. The van der Waals surface area contributed by atoms with Crippen molar-refractivity contribution in [1.82, 2.24) is 0 Å². The maximum atomic E-state index is 13.1. The molecular formula is C80H156O17P2. The van der Waals surface area contributed by atoms with Gasteiger partial charge in [-0.1, -0.05) is 357 Å². The van der Waals surface area contributed by atoms with Crippen molar-refractivity contribution in [3.8, 4) is 0 Å². The number of phosphoric ester groups is 2. The lowest BCUT2D eigenvalue weighted by molar-refractivity contribution is -0.161. The van der Waals surface area contributed by atoms with Gasteiger partial charge in [-0.3, -0.25) is 37.3 Å². The maximum Gasteiger partial charge on any atom is 0.472 e. The minimum atomic E-state index is -4.96. The molecule has 0 aromatic rings. The first-order chi connectivity index (χ1) is 47.6. The van der Waals surface area contributed by atoms with Gasteiger partial charge in [0.25, 0.3) is 0 Å². The molecule has 0 radical (unpaired) electrons. The molecule has 0 aliphatic rings. The van der Waals surface area contributed by atoms with Gasteiger partial charge in [0, 0.05) is 25.7 Å². The standard InChI is InChI=1S/C80H156O17P2/c1-70(2)56-48-40-32-26-20-14-10-9-11-17-24-30-36-46-54-62-79(84)96-75(66-90-77(82)60-52-44-35-29-23-18-12-15-21-27-33-41-49-57-71(3)4)68-94-98(86,87)92-64-74(81)65-93-99(88,89)95-69-76(67-91-78(83)61-53-45-39-38-43-51-59-73(7)8)97-80(85)63-55-47-37-31-25-19-13-16-22-28-34-42-50-58-72(5)6/h70-76,81H,9-69H2,1-8H3,(H,86,87)(H,88,89)/t74-,75-,76-/m1/s1. The molecule has 0 aliphatic heterocycles. The van der Waals surface area contributed by atoms with Crippen LogP contribution in [0.15, 0.2) is 0 Å². The highest BCUT2D eigenvalue weighted by atomic mass is 31.2. The first-order valence-corrected chi connectivity index (χ1v) is 44.2. The Kier molecular flexibility index (Phi) is 67.8. The number of aliphatic hydroxyl groups is 1. The Balaban J connectivity index is 5.23. The molecule has 2 unspecified atom stereocenters. The van der Waals surface area contributed by atoms with Crippen LogP contribution in [0.1, 0.15) is 409 Å². The van der Waals surface area contributed by atoms with E-state index in [1.54, 1.807) is 0 Å². The molecule has 17 nitrogen and oxygen atoms in total. The summed E-state index contributed by atoms with van der Waals surface area (Å²) < 4.78 is 68.7. The summed E-state index contributed by atoms with van der Waals surface area (Å²) in [5.41, 5.74) is 0. The Hall–Kier alpha value is -1.94. The second-order valence-electron chi connectivity index (χ2n) is 30.7. The fourth-order valence-corrected chi connectivity index (χ4v) is 13.8. The average molecular weight is 1450 g/mol. The number of rotatable bonds is 77. The molecular weight excluding hydrogens is 1290 g/mol. The number of phosphoric acid groups is 2. The van der Waals surface area contributed by atoms with E-state index >= 15 is 0 Å². The Morgan fingerprint density at radius 2 is 0.424 bits per heavy atom. The molecule has 0 aliphatic carbocycles. The zero-order valence-electron chi connectivity index (χ0n) is 65.1. The van der Waals surface area contributed by atoms with E-state index in [4.69, 9.17) is 37.0 Å². The molecule has 5 atom stereocenters. The Morgan fingerprint density at radius 1 is 0.253 bits per heavy atom. The topological polar surface area (TPSA) is 237 Å². The van der Waals surface area contributed by atoms with Crippen molar-refractivity contribution in [2.24, 2.45) is 23.7 Å². The maximum absolute atomic E-state index is 13.1. The lowest BCUT2D eigenvalue weighted by Crippen LogP contribution is -2.30. The van der Waals surface area contributed by atoms with Crippen LogP contribution in [-0.4, -0.2) is 96.7 Å². The van der Waals surface area contributed by atoms with Gasteiger partial charge in [-0.15, -0.1) is 0 Å². The summed E-state index contributed by atoms with van der Waals surface area (Å²) in [6, 6.07) is 0. The van der Waals surface area contributed by atoms with E-state index in [-0.39, 0.29) is 25.7 Å². The van der Waals surface area contributed by atoms with Gasteiger partial charge < -0.3 is 33.8 Å². The predicted molar refractivity (Wildman–Crippen MR) is 404 cm³/mol. The van der Waals surface area contributed by atoms with E-state index in [1.165, 1.54) is 205 Å². The van der Waals surface area contributed by atoms with Crippen LogP contribution >= 0.6 is 15.6 Å². The van der Waals surface area contributed by atoms with E-state index in [9.17, 15) is 43.2 Å². The molecule has 0 rings (SSSR count). The van der Waals surface area contributed by atoms with Gasteiger partial charge in [0.05, 0.1) is 26.4 Å². The molecule has 0 aromatic heterocycles. The van der Waals surface area contributed by atoms with Gasteiger partial charge in [-0.25, -0.2) is 9.13 Å². The summed E-state index contributed by atoms with van der Waals surface area (Å²) in [7, 11) is -9.92. The van der Waals surface area contributed by atoms with Crippen molar-refractivity contribution in [2.75, 3.05) is 39.6 Å². The van der Waals surface area contributed by atoms with E-state index < -0.39 is 97.5 Å².